The summed E-state index contributed by atoms with van der Waals surface area (Å²) in [7, 11) is 0. The van der Waals surface area contributed by atoms with Crippen molar-refractivity contribution in [2.45, 2.75) is 39.3 Å². The number of carbonyl (C=O) groups is 1. The fraction of sp³-hybridized carbons (Fsp3) is 0.429. The maximum atomic E-state index is 10.6. The Kier molecular flexibility index (Phi) is 4.21. The van der Waals surface area contributed by atoms with E-state index in [1.165, 1.54) is 0 Å². The summed E-state index contributed by atoms with van der Waals surface area (Å²) >= 11 is 0. The van der Waals surface area contributed by atoms with E-state index in [4.69, 9.17) is 5.11 Å². The van der Waals surface area contributed by atoms with E-state index in [0.717, 1.165) is 11.3 Å². The van der Waals surface area contributed by atoms with Crippen molar-refractivity contribution in [3.05, 3.63) is 35.7 Å². The second-order valence-corrected chi connectivity index (χ2v) is 5.79. The van der Waals surface area contributed by atoms with Crippen LogP contribution in [0.5, 0.6) is 0 Å². The molecule has 0 saturated heterocycles. The van der Waals surface area contributed by atoms with Gasteiger partial charge in [0.2, 0.25) is 0 Å². The number of nitrogens with zero attached hydrogens (tertiary/aromatic N) is 4. The van der Waals surface area contributed by atoms with Crippen LogP contribution in [0.4, 0.5) is 5.69 Å². The van der Waals surface area contributed by atoms with Crippen molar-refractivity contribution >= 4 is 11.7 Å². The molecule has 2 aromatic rings. The zero-order valence-electron chi connectivity index (χ0n) is 12.4. The number of nitrogens with one attached hydrogen (secondary N) is 1. The largest absolute Gasteiger partial charge is 0.481 e. The summed E-state index contributed by atoms with van der Waals surface area (Å²) in [6.45, 7) is 6.49. The summed E-state index contributed by atoms with van der Waals surface area (Å²) < 4.78 is 0. The van der Waals surface area contributed by atoms with E-state index in [9.17, 15) is 4.79 Å². The van der Waals surface area contributed by atoms with Crippen LogP contribution in [-0.4, -0.2) is 31.3 Å². The van der Waals surface area contributed by atoms with Gasteiger partial charge in [0.15, 0.2) is 5.82 Å². The van der Waals surface area contributed by atoms with Gasteiger partial charge in [-0.25, -0.2) is 0 Å². The third-order valence-electron chi connectivity index (χ3n) is 2.81. The van der Waals surface area contributed by atoms with Gasteiger partial charge in [-0.05, 0) is 43.7 Å². The molecule has 112 valence electrons. The Hall–Kier alpha value is -2.44. The monoisotopic (exact) mass is 289 g/mol. The van der Waals surface area contributed by atoms with Gasteiger partial charge in [-0.15, -0.1) is 10.2 Å². The summed E-state index contributed by atoms with van der Waals surface area (Å²) in [5.74, 6) is -0.224. The topological polar surface area (TPSA) is 92.9 Å². The molecule has 0 aliphatic carbocycles. The molecule has 2 rings (SSSR count). The maximum Gasteiger partial charge on any atom is 0.307 e. The highest BCUT2D eigenvalue weighted by Gasteiger charge is 2.16. The number of carboxylic acid groups (broad SMARTS) is 1. The first-order valence-corrected chi connectivity index (χ1v) is 6.68. The Morgan fingerprint density at radius 3 is 2.48 bits per heavy atom. The number of tetrazole rings is 1. The van der Waals surface area contributed by atoms with Gasteiger partial charge in [0.25, 0.3) is 0 Å². The summed E-state index contributed by atoms with van der Waals surface area (Å²) in [4.78, 5) is 12.2. The smallest absolute Gasteiger partial charge is 0.307 e. The molecule has 0 radical (unpaired) electrons. The first-order valence-electron chi connectivity index (χ1n) is 6.68. The van der Waals surface area contributed by atoms with Crippen LogP contribution in [0, 0.1) is 0 Å². The highest BCUT2D eigenvalue weighted by Crippen LogP contribution is 2.12. The van der Waals surface area contributed by atoms with Crippen LogP contribution in [0.1, 0.15) is 32.2 Å². The van der Waals surface area contributed by atoms with Crippen molar-refractivity contribution in [3.63, 3.8) is 0 Å². The predicted octanol–water partition coefficient (Wildman–Crippen LogP) is 1.67. The van der Waals surface area contributed by atoms with Gasteiger partial charge in [0.1, 0.15) is 0 Å². The zero-order chi connectivity index (χ0) is 15.5. The molecule has 21 heavy (non-hydrogen) atoms. The Labute approximate surface area is 123 Å². The van der Waals surface area contributed by atoms with Crippen molar-refractivity contribution in [2.24, 2.45) is 0 Å². The van der Waals surface area contributed by atoms with Crippen LogP contribution in [-0.2, 0) is 23.3 Å². The quantitative estimate of drug-likeness (QED) is 0.869. The highest BCUT2D eigenvalue weighted by molar-refractivity contribution is 5.70. The molecule has 0 unspecified atom stereocenters. The maximum absolute atomic E-state index is 10.6. The average Bonchev–Trinajstić information content (AvgIpc) is 2.86. The van der Waals surface area contributed by atoms with E-state index in [1.54, 1.807) is 16.9 Å². The minimum absolute atomic E-state index is 0.0295. The number of aliphatic carboxylic acids is 1. The van der Waals surface area contributed by atoms with Gasteiger partial charge in [-0.1, -0.05) is 12.1 Å². The van der Waals surface area contributed by atoms with Crippen molar-refractivity contribution in [2.75, 3.05) is 5.32 Å². The lowest BCUT2D eigenvalue weighted by Crippen LogP contribution is -2.24. The Morgan fingerprint density at radius 2 is 1.95 bits per heavy atom. The normalized spacial score (nSPS) is 11.4. The number of carboxylic acids is 1. The lowest BCUT2D eigenvalue weighted by atomic mass is 10.1. The minimum atomic E-state index is -0.835. The summed E-state index contributed by atoms with van der Waals surface area (Å²) in [5, 5.41) is 24.2. The zero-order valence-corrected chi connectivity index (χ0v) is 12.4. The van der Waals surface area contributed by atoms with E-state index in [1.807, 2.05) is 32.9 Å². The molecule has 0 saturated carbocycles. The second kappa shape index (κ2) is 5.90. The minimum Gasteiger partial charge on any atom is -0.481 e. The molecular formula is C14H19N5O2. The van der Waals surface area contributed by atoms with Gasteiger partial charge in [-0.3, -0.25) is 4.79 Å². The van der Waals surface area contributed by atoms with Crippen LogP contribution < -0.4 is 5.32 Å². The summed E-state index contributed by atoms with van der Waals surface area (Å²) in [5.41, 5.74) is 1.46. The molecule has 1 heterocycles. The molecule has 0 aliphatic rings. The van der Waals surface area contributed by atoms with E-state index in [0.29, 0.717) is 12.4 Å². The Morgan fingerprint density at radius 1 is 1.29 bits per heavy atom. The lowest BCUT2D eigenvalue weighted by molar-refractivity contribution is -0.136. The van der Waals surface area contributed by atoms with E-state index in [-0.39, 0.29) is 12.0 Å². The van der Waals surface area contributed by atoms with Crippen LogP contribution >= 0.6 is 0 Å². The fourth-order valence-corrected chi connectivity index (χ4v) is 1.69. The van der Waals surface area contributed by atoms with Gasteiger partial charge >= 0.3 is 5.97 Å². The molecule has 0 fully saturated rings. The number of hydrogen-bond donors (Lipinski definition) is 2. The summed E-state index contributed by atoms with van der Waals surface area (Å²) in [6.07, 6.45) is 0.0295. The lowest BCUT2D eigenvalue weighted by Gasteiger charge is -2.15. The van der Waals surface area contributed by atoms with Gasteiger partial charge in [0.05, 0.1) is 18.5 Å². The number of anilines is 1. The van der Waals surface area contributed by atoms with E-state index in [2.05, 4.69) is 20.7 Å². The molecule has 1 aromatic carbocycles. The first kappa shape index (κ1) is 15.0. The molecule has 0 spiro atoms. The Bertz CT molecular complexity index is 613. The van der Waals surface area contributed by atoms with E-state index >= 15 is 0 Å². The number of benzene rings is 1. The Balaban J connectivity index is 1.94. The van der Waals surface area contributed by atoms with Crippen molar-refractivity contribution in [1.29, 1.82) is 0 Å². The number of hydrogen-bond acceptors (Lipinski definition) is 5. The van der Waals surface area contributed by atoms with Gasteiger partial charge in [-0.2, -0.15) is 4.80 Å². The molecular weight excluding hydrogens is 270 g/mol. The third-order valence-corrected chi connectivity index (χ3v) is 2.81. The van der Waals surface area contributed by atoms with Crippen molar-refractivity contribution in [1.82, 2.24) is 20.2 Å². The van der Waals surface area contributed by atoms with Gasteiger partial charge in [0, 0.05) is 5.69 Å². The van der Waals surface area contributed by atoms with Crippen LogP contribution in [0.3, 0.4) is 0 Å². The van der Waals surface area contributed by atoms with E-state index < -0.39 is 5.97 Å². The molecule has 7 heteroatoms. The predicted molar refractivity (Wildman–Crippen MR) is 77.9 cm³/mol. The van der Waals surface area contributed by atoms with Crippen LogP contribution in [0.15, 0.2) is 24.3 Å². The van der Waals surface area contributed by atoms with Crippen LogP contribution in [0.25, 0.3) is 0 Å². The van der Waals surface area contributed by atoms with Crippen molar-refractivity contribution < 1.29 is 9.90 Å². The summed E-state index contributed by atoms with van der Waals surface area (Å²) in [6, 6.07) is 7.25. The van der Waals surface area contributed by atoms with Crippen molar-refractivity contribution in [3.8, 4) is 0 Å². The third kappa shape index (κ3) is 4.27. The molecule has 7 nitrogen and oxygen atoms in total. The average molecular weight is 289 g/mol. The second-order valence-electron chi connectivity index (χ2n) is 5.79. The molecule has 0 aliphatic heterocycles. The molecule has 0 bridgehead atoms. The van der Waals surface area contributed by atoms with Gasteiger partial charge < -0.3 is 10.4 Å². The molecule has 1 aromatic heterocycles. The molecule has 0 atom stereocenters. The molecule has 0 amide bonds. The number of rotatable bonds is 5. The SMILES string of the molecule is CC(C)(C)n1nnc(CNc2ccc(CC(=O)O)cc2)n1. The first-order chi connectivity index (χ1) is 9.84. The number of aromatic nitrogens is 4. The standard InChI is InChI=1S/C14H19N5O2/c1-14(2,3)19-17-12(16-18-19)9-15-11-6-4-10(5-7-11)8-13(20)21/h4-7,15H,8-9H2,1-3H3,(H,20,21). The highest BCUT2D eigenvalue weighted by atomic mass is 16.4. The molecule has 2 N–H and O–H groups in total. The van der Waals surface area contributed by atoms with Crippen LogP contribution in [0.2, 0.25) is 0 Å². The fourth-order valence-electron chi connectivity index (χ4n) is 1.69.